The summed E-state index contributed by atoms with van der Waals surface area (Å²) >= 11 is 0. The fourth-order valence-electron chi connectivity index (χ4n) is 3.69. The summed E-state index contributed by atoms with van der Waals surface area (Å²) in [6.45, 7) is 2.63. The number of nitrogens with zero attached hydrogens (tertiary/aromatic N) is 1. The molecule has 2 aliphatic carbocycles. The van der Waals surface area contributed by atoms with Crippen molar-refractivity contribution in [2.75, 3.05) is 6.61 Å². The standard InChI is InChI=1S/C16H20N2O5/c1-2-23-14-9-13(16(14)6-3-7-16)17-15(20)10-4-5-12(19)11(8-10)18(21)22/h4-5,8,13-14,19H,2-3,6-7,9H2,1H3,(H,17,20). The SMILES string of the molecule is CCOC1CC(NC(=O)c2ccc(O)c([N+](=O)[O-])c2)C12CCC2. The zero-order valence-corrected chi connectivity index (χ0v) is 12.9. The van der Waals surface area contributed by atoms with Gasteiger partial charge >= 0.3 is 5.69 Å². The minimum absolute atomic E-state index is 0.0362. The Morgan fingerprint density at radius 2 is 2.26 bits per heavy atom. The molecule has 0 radical (unpaired) electrons. The number of nitrogens with one attached hydrogen (secondary N) is 1. The van der Waals surface area contributed by atoms with Crippen LogP contribution in [-0.2, 0) is 4.74 Å². The van der Waals surface area contributed by atoms with Gasteiger partial charge in [-0.15, -0.1) is 0 Å². The average Bonchev–Trinajstić information content (AvgIpc) is 2.44. The molecule has 0 bridgehead atoms. The quantitative estimate of drug-likeness (QED) is 0.640. The van der Waals surface area contributed by atoms with Crippen LogP contribution in [0.2, 0.25) is 0 Å². The molecule has 2 fully saturated rings. The van der Waals surface area contributed by atoms with E-state index in [2.05, 4.69) is 5.32 Å². The third kappa shape index (κ3) is 2.55. The minimum atomic E-state index is -0.700. The lowest BCUT2D eigenvalue weighted by atomic mass is 9.51. The van der Waals surface area contributed by atoms with Crippen molar-refractivity contribution < 1.29 is 19.6 Å². The third-order valence-corrected chi connectivity index (χ3v) is 5.18. The number of nitro groups is 1. The van der Waals surface area contributed by atoms with Crippen molar-refractivity contribution >= 4 is 11.6 Å². The van der Waals surface area contributed by atoms with Crippen LogP contribution in [0.4, 0.5) is 5.69 Å². The number of hydrogen-bond donors (Lipinski definition) is 2. The van der Waals surface area contributed by atoms with E-state index in [0.717, 1.165) is 31.7 Å². The lowest BCUT2D eigenvalue weighted by Crippen LogP contribution is -2.67. The Morgan fingerprint density at radius 1 is 1.52 bits per heavy atom. The van der Waals surface area contributed by atoms with Crippen molar-refractivity contribution in [3.63, 3.8) is 0 Å². The zero-order chi connectivity index (χ0) is 16.6. The number of carbonyl (C=O) groups excluding carboxylic acids is 1. The first-order valence-electron chi connectivity index (χ1n) is 7.88. The van der Waals surface area contributed by atoms with Crippen LogP contribution in [0.3, 0.4) is 0 Å². The number of phenolic OH excluding ortho intramolecular Hbond substituents is 1. The van der Waals surface area contributed by atoms with Crippen LogP contribution in [0.5, 0.6) is 5.75 Å². The molecule has 1 spiro atoms. The van der Waals surface area contributed by atoms with Gasteiger partial charge in [-0.1, -0.05) is 6.42 Å². The van der Waals surface area contributed by atoms with Crippen molar-refractivity contribution in [3.05, 3.63) is 33.9 Å². The average molecular weight is 320 g/mol. The Hall–Kier alpha value is -2.15. The van der Waals surface area contributed by atoms with Crippen LogP contribution in [0.15, 0.2) is 18.2 Å². The van der Waals surface area contributed by atoms with Crippen LogP contribution in [0, 0.1) is 15.5 Å². The van der Waals surface area contributed by atoms with E-state index in [1.165, 1.54) is 12.1 Å². The third-order valence-electron chi connectivity index (χ3n) is 5.18. The highest BCUT2D eigenvalue weighted by Crippen LogP contribution is 2.57. The van der Waals surface area contributed by atoms with E-state index >= 15 is 0 Å². The van der Waals surface area contributed by atoms with Crippen molar-refractivity contribution in [1.29, 1.82) is 0 Å². The van der Waals surface area contributed by atoms with E-state index in [1.54, 1.807) is 0 Å². The van der Waals surface area contributed by atoms with E-state index < -0.39 is 16.4 Å². The van der Waals surface area contributed by atoms with Gasteiger partial charge in [0.2, 0.25) is 0 Å². The van der Waals surface area contributed by atoms with Gasteiger partial charge in [0.1, 0.15) is 0 Å². The van der Waals surface area contributed by atoms with Gasteiger partial charge < -0.3 is 15.2 Å². The van der Waals surface area contributed by atoms with Gasteiger partial charge in [0, 0.05) is 29.7 Å². The van der Waals surface area contributed by atoms with Gasteiger partial charge in [-0.05, 0) is 38.3 Å². The molecule has 0 aromatic heterocycles. The second-order valence-corrected chi connectivity index (χ2v) is 6.25. The second kappa shape index (κ2) is 5.81. The molecule has 7 nitrogen and oxygen atoms in total. The highest BCUT2D eigenvalue weighted by Gasteiger charge is 2.59. The summed E-state index contributed by atoms with van der Waals surface area (Å²) in [5.74, 6) is -0.790. The Morgan fingerprint density at radius 3 is 2.83 bits per heavy atom. The maximum absolute atomic E-state index is 12.4. The number of hydrogen-bond acceptors (Lipinski definition) is 5. The molecule has 2 saturated carbocycles. The normalized spacial score (nSPS) is 24.6. The molecule has 124 valence electrons. The van der Waals surface area contributed by atoms with Crippen molar-refractivity contribution in [2.45, 2.75) is 44.8 Å². The number of benzene rings is 1. The molecule has 0 heterocycles. The highest BCUT2D eigenvalue weighted by atomic mass is 16.6. The number of amides is 1. The molecule has 1 aromatic rings. The van der Waals surface area contributed by atoms with Crippen LogP contribution in [0.25, 0.3) is 0 Å². The molecule has 1 amide bonds. The molecule has 2 unspecified atom stereocenters. The molecule has 0 aliphatic heterocycles. The smallest absolute Gasteiger partial charge is 0.311 e. The molecular weight excluding hydrogens is 300 g/mol. The van der Waals surface area contributed by atoms with Gasteiger partial charge in [-0.3, -0.25) is 14.9 Å². The molecular formula is C16H20N2O5. The van der Waals surface area contributed by atoms with Gasteiger partial charge in [-0.2, -0.15) is 0 Å². The minimum Gasteiger partial charge on any atom is -0.502 e. The van der Waals surface area contributed by atoms with E-state index in [-0.39, 0.29) is 29.0 Å². The van der Waals surface area contributed by atoms with E-state index in [4.69, 9.17) is 4.74 Å². The predicted octanol–water partition coefficient (Wildman–Crippen LogP) is 2.38. The van der Waals surface area contributed by atoms with Gasteiger partial charge in [-0.25, -0.2) is 0 Å². The van der Waals surface area contributed by atoms with Gasteiger partial charge in [0.05, 0.1) is 11.0 Å². The maximum Gasteiger partial charge on any atom is 0.311 e. The van der Waals surface area contributed by atoms with Crippen LogP contribution in [0.1, 0.15) is 43.0 Å². The zero-order valence-electron chi connectivity index (χ0n) is 12.9. The topological polar surface area (TPSA) is 102 Å². The first kappa shape index (κ1) is 15.7. The van der Waals surface area contributed by atoms with Crippen molar-refractivity contribution in [3.8, 4) is 5.75 Å². The monoisotopic (exact) mass is 320 g/mol. The molecule has 1 aromatic carbocycles. The summed E-state index contributed by atoms with van der Waals surface area (Å²) in [5, 5.41) is 23.3. The van der Waals surface area contributed by atoms with E-state index in [9.17, 15) is 20.0 Å². The molecule has 3 rings (SSSR count). The van der Waals surface area contributed by atoms with Crippen molar-refractivity contribution in [1.82, 2.24) is 5.32 Å². The number of ether oxygens (including phenoxy) is 1. The van der Waals surface area contributed by atoms with Crippen LogP contribution in [-0.4, -0.2) is 34.7 Å². The number of nitro benzene ring substituents is 1. The fourth-order valence-corrected chi connectivity index (χ4v) is 3.69. The number of phenols is 1. The van der Waals surface area contributed by atoms with Crippen molar-refractivity contribution in [2.24, 2.45) is 5.41 Å². The Balaban J connectivity index is 1.71. The number of carbonyl (C=O) groups is 1. The van der Waals surface area contributed by atoms with Crippen LogP contribution >= 0.6 is 0 Å². The summed E-state index contributed by atoms with van der Waals surface area (Å²) in [4.78, 5) is 22.5. The first-order chi connectivity index (χ1) is 11.0. The second-order valence-electron chi connectivity index (χ2n) is 6.25. The summed E-state index contributed by atoms with van der Waals surface area (Å²) in [5.41, 5.74) is -0.241. The number of aromatic hydroxyl groups is 1. The Labute approximate surface area is 133 Å². The summed E-state index contributed by atoms with van der Waals surface area (Å²) in [7, 11) is 0. The maximum atomic E-state index is 12.4. The van der Waals surface area contributed by atoms with Crippen LogP contribution < -0.4 is 5.32 Å². The number of rotatable bonds is 5. The lowest BCUT2D eigenvalue weighted by Gasteiger charge is -2.61. The lowest BCUT2D eigenvalue weighted by molar-refractivity contribution is -0.385. The molecule has 2 aliphatic rings. The molecule has 0 saturated heterocycles. The van der Waals surface area contributed by atoms with E-state index in [0.29, 0.717) is 6.61 Å². The predicted molar refractivity (Wildman–Crippen MR) is 82.3 cm³/mol. The van der Waals surface area contributed by atoms with Gasteiger partial charge in [0.25, 0.3) is 5.91 Å². The fraction of sp³-hybridized carbons (Fsp3) is 0.562. The summed E-state index contributed by atoms with van der Waals surface area (Å²) in [6, 6.07) is 3.73. The largest absolute Gasteiger partial charge is 0.502 e. The highest BCUT2D eigenvalue weighted by molar-refractivity contribution is 5.95. The Kier molecular flexibility index (Phi) is 3.97. The summed E-state index contributed by atoms with van der Waals surface area (Å²) < 4.78 is 5.75. The molecule has 23 heavy (non-hydrogen) atoms. The molecule has 7 heteroatoms. The molecule has 2 N–H and O–H groups in total. The Bertz CT molecular complexity index is 641. The summed E-state index contributed by atoms with van der Waals surface area (Å²) in [6.07, 6.45) is 4.19. The molecule has 2 atom stereocenters. The first-order valence-corrected chi connectivity index (χ1v) is 7.88. The van der Waals surface area contributed by atoms with Gasteiger partial charge in [0.15, 0.2) is 5.75 Å². The van der Waals surface area contributed by atoms with E-state index in [1.807, 2.05) is 6.92 Å².